The van der Waals surface area contributed by atoms with E-state index in [1.807, 2.05) is 25.1 Å². The lowest BCUT2D eigenvalue weighted by Gasteiger charge is -2.09. The summed E-state index contributed by atoms with van der Waals surface area (Å²) in [6.45, 7) is 3.94. The van der Waals surface area contributed by atoms with Crippen molar-refractivity contribution in [2.24, 2.45) is 11.8 Å². The Balaban J connectivity index is 1.89. The highest BCUT2D eigenvalue weighted by Crippen LogP contribution is 2.42. The first-order chi connectivity index (χ1) is 10.0. The number of rotatable bonds is 3. The van der Waals surface area contributed by atoms with Gasteiger partial charge in [-0.25, -0.2) is 4.98 Å². The topological polar surface area (TPSA) is 89.1 Å². The molecule has 3 atom stereocenters. The van der Waals surface area contributed by atoms with Gasteiger partial charge in [0.1, 0.15) is 5.69 Å². The fourth-order valence-corrected chi connectivity index (χ4v) is 3.00. The number of hydrogen-bond acceptors (Lipinski definition) is 5. The van der Waals surface area contributed by atoms with Gasteiger partial charge >= 0.3 is 5.97 Å². The molecule has 3 rings (SSSR count). The first-order valence-corrected chi connectivity index (χ1v) is 7.05. The van der Waals surface area contributed by atoms with Crippen LogP contribution in [0.25, 0.3) is 11.5 Å². The van der Waals surface area contributed by atoms with Gasteiger partial charge < -0.3 is 9.63 Å². The second kappa shape index (κ2) is 5.27. The molecule has 0 spiro atoms. The van der Waals surface area contributed by atoms with Gasteiger partial charge in [0.25, 0.3) is 0 Å². The normalized spacial score (nSPS) is 25.1. The molecule has 1 fully saturated rings. The van der Waals surface area contributed by atoms with Crippen LogP contribution in [0.5, 0.6) is 0 Å². The monoisotopic (exact) mass is 287 g/mol. The fraction of sp³-hybridized carbons (Fsp3) is 0.467. The Kier molecular flexibility index (Phi) is 3.45. The lowest BCUT2D eigenvalue weighted by atomic mass is 9.96. The Morgan fingerprint density at radius 3 is 2.86 bits per heavy atom. The van der Waals surface area contributed by atoms with E-state index in [0.29, 0.717) is 29.7 Å². The quantitative estimate of drug-likeness (QED) is 0.933. The second-order valence-electron chi connectivity index (χ2n) is 5.75. The molecular weight excluding hydrogens is 270 g/mol. The lowest BCUT2D eigenvalue weighted by Crippen LogP contribution is -2.17. The van der Waals surface area contributed by atoms with E-state index in [1.165, 1.54) is 0 Å². The Labute approximate surface area is 122 Å². The van der Waals surface area contributed by atoms with Crippen molar-refractivity contribution in [3.05, 3.63) is 29.8 Å². The number of aromatic nitrogens is 3. The van der Waals surface area contributed by atoms with Crippen LogP contribution in [0.1, 0.15) is 37.3 Å². The van der Waals surface area contributed by atoms with Gasteiger partial charge in [0.15, 0.2) is 0 Å². The van der Waals surface area contributed by atoms with Gasteiger partial charge in [0.05, 0.1) is 11.8 Å². The van der Waals surface area contributed by atoms with Crippen molar-refractivity contribution < 1.29 is 14.4 Å². The maximum atomic E-state index is 11.4. The molecule has 6 nitrogen and oxygen atoms in total. The number of pyridine rings is 1. The molecule has 0 amide bonds. The molecule has 1 aliphatic rings. The molecule has 3 unspecified atom stereocenters. The summed E-state index contributed by atoms with van der Waals surface area (Å²) in [5.41, 5.74) is 1.51. The predicted octanol–water partition coefficient (Wildman–Crippen LogP) is 2.65. The number of aryl methyl sites for hydroxylation is 1. The molecule has 2 heterocycles. The third-order valence-corrected chi connectivity index (χ3v) is 3.99. The number of carboxylic acids is 1. The molecule has 0 bridgehead atoms. The van der Waals surface area contributed by atoms with Crippen molar-refractivity contribution in [3.63, 3.8) is 0 Å². The SMILES string of the molecule is Cc1cccc(-c2noc(C3CC(C)CC3C(=O)O)n2)n1. The molecule has 0 radical (unpaired) electrons. The maximum Gasteiger partial charge on any atom is 0.307 e. The Morgan fingerprint density at radius 2 is 2.14 bits per heavy atom. The average molecular weight is 287 g/mol. The summed E-state index contributed by atoms with van der Waals surface area (Å²) < 4.78 is 5.31. The van der Waals surface area contributed by atoms with Crippen LogP contribution in [0, 0.1) is 18.8 Å². The zero-order valence-corrected chi connectivity index (χ0v) is 12.0. The largest absolute Gasteiger partial charge is 0.481 e. The number of carboxylic acid groups (broad SMARTS) is 1. The van der Waals surface area contributed by atoms with Crippen LogP contribution >= 0.6 is 0 Å². The molecular formula is C15H17N3O3. The molecule has 2 aromatic rings. The maximum absolute atomic E-state index is 11.4. The summed E-state index contributed by atoms with van der Waals surface area (Å²) in [4.78, 5) is 20.1. The number of carbonyl (C=O) groups is 1. The first-order valence-electron chi connectivity index (χ1n) is 7.05. The summed E-state index contributed by atoms with van der Waals surface area (Å²) in [6, 6.07) is 5.59. The van der Waals surface area contributed by atoms with Gasteiger partial charge in [0.2, 0.25) is 11.7 Å². The van der Waals surface area contributed by atoms with E-state index >= 15 is 0 Å². The standard InChI is InChI=1S/C15H17N3O3/c1-8-6-10(11(7-8)15(19)20)14-17-13(18-21-14)12-5-3-4-9(2)16-12/h3-5,8,10-11H,6-7H2,1-2H3,(H,19,20). The molecule has 0 aliphatic heterocycles. The van der Waals surface area contributed by atoms with E-state index in [0.717, 1.165) is 12.1 Å². The predicted molar refractivity (Wildman–Crippen MR) is 74.5 cm³/mol. The Hall–Kier alpha value is -2.24. The molecule has 1 saturated carbocycles. The van der Waals surface area contributed by atoms with Crippen LogP contribution in [0.4, 0.5) is 0 Å². The zero-order chi connectivity index (χ0) is 15.0. The second-order valence-corrected chi connectivity index (χ2v) is 5.75. The van der Waals surface area contributed by atoms with E-state index in [9.17, 15) is 9.90 Å². The van der Waals surface area contributed by atoms with Crippen molar-refractivity contribution in [1.29, 1.82) is 0 Å². The highest BCUT2D eigenvalue weighted by molar-refractivity contribution is 5.71. The summed E-state index contributed by atoms with van der Waals surface area (Å²) in [6.07, 6.45) is 1.42. The summed E-state index contributed by atoms with van der Waals surface area (Å²) in [5, 5.41) is 13.3. The minimum absolute atomic E-state index is 0.205. The molecule has 21 heavy (non-hydrogen) atoms. The smallest absolute Gasteiger partial charge is 0.307 e. The van der Waals surface area contributed by atoms with Gasteiger partial charge in [-0.2, -0.15) is 4.98 Å². The third kappa shape index (κ3) is 2.66. The van der Waals surface area contributed by atoms with Gasteiger partial charge in [-0.05, 0) is 37.8 Å². The molecule has 1 aliphatic carbocycles. The minimum atomic E-state index is -0.794. The lowest BCUT2D eigenvalue weighted by molar-refractivity contribution is -0.142. The molecule has 110 valence electrons. The number of hydrogen-bond donors (Lipinski definition) is 1. The van der Waals surface area contributed by atoms with Crippen LogP contribution in [-0.2, 0) is 4.79 Å². The van der Waals surface area contributed by atoms with Crippen LogP contribution in [0.15, 0.2) is 22.7 Å². The van der Waals surface area contributed by atoms with Crippen molar-refractivity contribution in [2.75, 3.05) is 0 Å². The average Bonchev–Trinajstić information content (AvgIpc) is 3.04. The van der Waals surface area contributed by atoms with Crippen molar-refractivity contribution in [3.8, 4) is 11.5 Å². The van der Waals surface area contributed by atoms with Crippen molar-refractivity contribution in [1.82, 2.24) is 15.1 Å². The highest BCUT2D eigenvalue weighted by Gasteiger charge is 2.41. The Bertz CT molecular complexity index is 668. The van der Waals surface area contributed by atoms with E-state index in [4.69, 9.17) is 4.52 Å². The van der Waals surface area contributed by atoms with Crippen molar-refractivity contribution >= 4 is 5.97 Å². The van der Waals surface area contributed by atoms with Gasteiger partial charge in [0, 0.05) is 5.69 Å². The molecule has 2 aromatic heterocycles. The van der Waals surface area contributed by atoms with E-state index in [2.05, 4.69) is 22.0 Å². The number of aliphatic carboxylic acids is 1. The number of nitrogens with zero attached hydrogens (tertiary/aromatic N) is 3. The molecule has 0 aromatic carbocycles. The fourth-order valence-electron chi connectivity index (χ4n) is 3.00. The third-order valence-electron chi connectivity index (χ3n) is 3.99. The van der Waals surface area contributed by atoms with Gasteiger partial charge in [-0.3, -0.25) is 4.79 Å². The summed E-state index contributed by atoms with van der Waals surface area (Å²) in [7, 11) is 0. The zero-order valence-electron chi connectivity index (χ0n) is 12.0. The van der Waals surface area contributed by atoms with Crippen LogP contribution in [0.3, 0.4) is 0 Å². The Morgan fingerprint density at radius 1 is 1.33 bits per heavy atom. The van der Waals surface area contributed by atoms with Crippen LogP contribution in [0.2, 0.25) is 0 Å². The highest BCUT2D eigenvalue weighted by atomic mass is 16.5. The van der Waals surface area contributed by atoms with E-state index in [-0.39, 0.29) is 5.92 Å². The van der Waals surface area contributed by atoms with Gasteiger partial charge in [-0.1, -0.05) is 18.1 Å². The summed E-state index contributed by atoms with van der Waals surface area (Å²) in [5.74, 6) is -0.272. The van der Waals surface area contributed by atoms with E-state index < -0.39 is 11.9 Å². The molecule has 0 saturated heterocycles. The minimum Gasteiger partial charge on any atom is -0.481 e. The molecule has 1 N–H and O–H groups in total. The van der Waals surface area contributed by atoms with E-state index in [1.54, 1.807) is 0 Å². The summed E-state index contributed by atoms with van der Waals surface area (Å²) >= 11 is 0. The van der Waals surface area contributed by atoms with Gasteiger partial charge in [-0.15, -0.1) is 0 Å². The molecule has 6 heteroatoms. The van der Waals surface area contributed by atoms with Crippen molar-refractivity contribution in [2.45, 2.75) is 32.6 Å². The van der Waals surface area contributed by atoms with Crippen LogP contribution < -0.4 is 0 Å². The van der Waals surface area contributed by atoms with Crippen LogP contribution in [-0.4, -0.2) is 26.2 Å². The first kappa shape index (κ1) is 13.7.